The van der Waals surface area contributed by atoms with Crippen LogP contribution in [0.5, 0.6) is 5.75 Å². The topological polar surface area (TPSA) is 35.2 Å². The molecule has 0 saturated carbocycles. The normalized spacial score (nSPS) is 19.3. The van der Waals surface area contributed by atoms with E-state index in [0.29, 0.717) is 5.92 Å². The second-order valence-corrected chi connectivity index (χ2v) is 7.03. The lowest BCUT2D eigenvalue weighted by Gasteiger charge is -2.29. The van der Waals surface area contributed by atoms with Crippen molar-refractivity contribution in [2.24, 2.45) is 5.73 Å². The van der Waals surface area contributed by atoms with Crippen molar-refractivity contribution in [1.82, 2.24) is 0 Å². The van der Waals surface area contributed by atoms with Crippen LogP contribution >= 0.6 is 11.3 Å². The summed E-state index contributed by atoms with van der Waals surface area (Å²) >= 11 is 1.87. The highest BCUT2D eigenvalue weighted by Crippen LogP contribution is 2.43. The van der Waals surface area contributed by atoms with Gasteiger partial charge in [-0.15, -0.1) is 11.3 Å². The van der Waals surface area contributed by atoms with Crippen molar-refractivity contribution in [2.75, 3.05) is 0 Å². The van der Waals surface area contributed by atoms with E-state index < -0.39 is 0 Å². The molecule has 2 atom stereocenters. The molecular weight excluding hydrogens is 278 g/mol. The van der Waals surface area contributed by atoms with E-state index in [9.17, 15) is 0 Å². The lowest BCUT2D eigenvalue weighted by Crippen LogP contribution is -2.23. The van der Waals surface area contributed by atoms with Gasteiger partial charge in [-0.2, -0.15) is 0 Å². The lowest BCUT2D eigenvalue weighted by molar-refractivity contribution is 0.237. The van der Waals surface area contributed by atoms with Crippen molar-refractivity contribution in [2.45, 2.75) is 51.2 Å². The fraction of sp³-hybridized carbons (Fsp3) is 0.444. The number of hydrogen-bond acceptors (Lipinski definition) is 3. The SMILES string of the molecule is CC(C)Oc1ccccc1C(N)C1CCCc2sccc21. The molecule has 0 spiro atoms. The summed E-state index contributed by atoms with van der Waals surface area (Å²) in [6, 6.07) is 10.5. The van der Waals surface area contributed by atoms with Crippen LogP contribution in [0.4, 0.5) is 0 Å². The van der Waals surface area contributed by atoms with Crippen LogP contribution in [0.3, 0.4) is 0 Å². The van der Waals surface area contributed by atoms with Gasteiger partial charge in [0.2, 0.25) is 0 Å². The summed E-state index contributed by atoms with van der Waals surface area (Å²) in [5, 5.41) is 2.20. The third-order valence-corrected chi connectivity index (χ3v) is 5.17. The number of thiophene rings is 1. The largest absolute Gasteiger partial charge is 0.491 e. The first-order valence-electron chi connectivity index (χ1n) is 7.74. The fourth-order valence-electron chi connectivity index (χ4n) is 3.23. The zero-order chi connectivity index (χ0) is 14.8. The van der Waals surface area contributed by atoms with Crippen LogP contribution in [-0.4, -0.2) is 6.10 Å². The number of hydrogen-bond donors (Lipinski definition) is 1. The third-order valence-electron chi connectivity index (χ3n) is 4.17. The van der Waals surface area contributed by atoms with Crippen molar-refractivity contribution < 1.29 is 4.74 Å². The van der Waals surface area contributed by atoms with E-state index in [1.165, 1.54) is 29.7 Å². The van der Waals surface area contributed by atoms with Gasteiger partial charge in [0.05, 0.1) is 6.10 Å². The number of aryl methyl sites for hydroxylation is 1. The molecule has 1 aromatic heterocycles. The molecule has 0 aliphatic heterocycles. The maximum atomic E-state index is 6.64. The summed E-state index contributed by atoms with van der Waals surface area (Å²) in [7, 11) is 0. The van der Waals surface area contributed by atoms with Gasteiger partial charge >= 0.3 is 0 Å². The van der Waals surface area contributed by atoms with E-state index >= 15 is 0 Å². The summed E-state index contributed by atoms with van der Waals surface area (Å²) in [5.74, 6) is 1.35. The average molecular weight is 301 g/mol. The van der Waals surface area contributed by atoms with E-state index in [-0.39, 0.29) is 12.1 Å². The molecule has 0 fully saturated rings. The summed E-state index contributed by atoms with van der Waals surface area (Å²) < 4.78 is 5.95. The van der Waals surface area contributed by atoms with Gasteiger partial charge in [-0.05, 0) is 56.2 Å². The summed E-state index contributed by atoms with van der Waals surface area (Å²) in [5.41, 5.74) is 9.24. The quantitative estimate of drug-likeness (QED) is 0.891. The Balaban J connectivity index is 1.92. The van der Waals surface area contributed by atoms with E-state index in [4.69, 9.17) is 10.5 Å². The molecule has 2 nitrogen and oxygen atoms in total. The Labute approximate surface area is 130 Å². The van der Waals surface area contributed by atoms with Crippen LogP contribution in [0.25, 0.3) is 0 Å². The van der Waals surface area contributed by atoms with Crippen molar-refractivity contribution in [3.8, 4) is 5.75 Å². The Morgan fingerprint density at radius 3 is 2.86 bits per heavy atom. The zero-order valence-corrected chi connectivity index (χ0v) is 13.5. The first-order valence-corrected chi connectivity index (χ1v) is 8.62. The van der Waals surface area contributed by atoms with Gasteiger partial charge in [-0.3, -0.25) is 0 Å². The average Bonchev–Trinajstić information content (AvgIpc) is 2.95. The van der Waals surface area contributed by atoms with Crippen LogP contribution in [0.2, 0.25) is 0 Å². The smallest absolute Gasteiger partial charge is 0.124 e. The minimum Gasteiger partial charge on any atom is -0.491 e. The van der Waals surface area contributed by atoms with Gasteiger partial charge < -0.3 is 10.5 Å². The van der Waals surface area contributed by atoms with E-state index in [2.05, 4.69) is 37.4 Å². The van der Waals surface area contributed by atoms with Gasteiger partial charge in [-0.1, -0.05) is 18.2 Å². The number of para-hydroxylation sites is 1. The molecule has 1 aromatic carbocycles. The first-order chi connectivity index (χ1) is 10.2. The van der Waals surface area contributed by atoms with Gasteiger partial charge in [0.25, 0.3) is 0 Å². The van der Waals surface area contributed by atoms with Crippen LogP contribution in [0, 0.1) is 0 Å². The van der Waals surface area contributed by atoms with Crippen molar-refractivity contribution in [3.05, 3.63) is 51.7 Å². The van der Waals surface area contributed by atoms with Crippen molar-refractivity contribution in [1.29, 1.82) is 0 Å². The van der Waals surface area contributed by atoms with Crippen molar-refractivity contribution >= 4 is 11.3 Å². The predicted molar refractivity (Wildman–Crippen MR) is 89.1 cm³/mol. The van der Waals surface area contributed by atoms with Crippen LogP contribution < -0.4 is 10.5 Å². The summed E-state index contributed by atoms with van der Waals surface area (Å²) in [4.78, 5) is 1.52. The molecule has 2 N–H and O–H groups in total. The monoisotopic (exact) mass is 301 g/mol. The number of ether oxygens (including phenoxy) is 1. The van der Waals surface area contributed by atoms with Crippen LogP contribution in [0.15, 0.2) is 35.7 Å². The Morgan fingerprint density at radius 2 is 2.05 bits per heavy atom. The highest BCUT2D eigenvalue weighted by Gasteiger charge is 2.29. The number of rotatable bonds is 4. The maximum absolute atomic E-state index is 6.64. The zero-order valence-electron chi connectivity index (χ0n) is 12.7. The molecule has 2 aromatic rings. The van der Waals surface area contributed by atoms with Gasteiger partial charge in [0.1, 0.15) is 5.75 Å². The molecule has 21 heavy (non-hydrogen) atoms. The fourth-order valence-corrected chi connectivity index (χ4v) is 4.23. The molecule has 3 rings (SSSR count). The van der Waals surface area contributed by atoms with E-state index in [1.807, 2.05) is 23.5 Å². The Morgan fingerprint density at radius 1 is 1.24 bits per heavy atom. The number of nitrogens with two attached hydrogens (primary N) is 1. The predicted octanol–water partition coefficient (Wildman–Crippen LogP) is 4.66. The summed E-state index contributed by atoms with van der Waals surface area (Å²) in [6.07, 6.45) is 3.78. The molecule has 1 aliphatic carbocycles. The molecule has 1 heterocycles. The molecule has 0 amide bonds. The Bertz CT molecular complexity index is 605. The molecule has 3 heteroatoms. The molecule has 2 unspecified atom stereocenters. The molecular formula is C18H23NOS. The second kappa shape index (κ2) is 6.20. The molecule has 112 valence electrons. The Kier molecular flexibility index (Phi) is 4.32. The molecule has 0 saturated heterocycles. The number of benzene rings is 1. The van der Waals surface area contributed by atoms with Gasteiger partial charge in [0.15, 0.2) is 0 Å². The minimum absolute atomic E-state index is 0.00796. The minimum atomic E-state index is 0.00796. The third kappa shape index (κ3) is 2.99. The maximum Gasteiger partial charge on any atom is 0.124 e. The summed E-state index contributed by atoms with van der Waals surface area (Å²) in [6.45, 7) is 4.11. The highest BCUT2D eigenvalue weighted by atomic mass is 32.1. The molecule has 0 radical (unpaired) electrons. The van der Waals surface area contributed by atoms with Crippen LogP contribution in [-0.2, 0) is 6.42 Å². The van der Waals surface area contributed by atoms with Crippen molar-refractivity contribution in [3.63, 3.8) is 0 Å². The standard InChI is InChI=1S/C18H23NOS/c1-12(2)20-16-8-4-3-6-15(16)18(19)14-7-5-9-17-13(14)10-11-21-17/h3-4,6,8,10-12,14,18H,5,7,9,19H2,1-2H3. The van der Waals surface area contributed by atoms with E-state index in [1.54, 1.807) is 0 Å². The van der Waals surface area contributed by atoms with E-state index in [0.717, 1.165) is 11.3 Å². The Hall–Kier alpha value is -1.32. The van der Waals surface area contributed by atoms with Gasteiger partial charge in [0, 0.05) is 22.4 Å². The van der Waals surface area contributed by atoms with Crippen LogP contribution in [0.1, 0.15) is 54.7 Å². The highest BCUT2D eigenvalue weighted by molar-refractivity contribution is 7.10. The lowest BCUT2D eigenvalue weighted by atomic mass is 9.80. The molecule has 0 bridgehead atoms. The second-order valence-electron chi connectivity index (χ2n) is 6.03. The number of fused-ring (bicyclic) bond motifs is 1. The van der Waals surface area contributed by atoms with Gasteiger partial charge in [-0.25, -0.2) is 0 Å². The molecule has 1 aliphatic rings. The first kappa shape index (κ1) is 14.6.